The molecule has 28 heavy (non-hydrogen) atoms. The van der Waals surface area contributed by atoms with E-state index < -0.39 is 0 Å². The first-order valence-corrected chi connectivity index (χ1v) is 10.1. The summed E-state index contributed by atoms with van der Waals surface area (Å²) in [5.41, 5.74) is 5.98. The summed E-state index contributed by atoms with van der Waals surface area (Å²) in [6.45, 7) is 6.04. The lowest BCUT2D eigenvalue weighted by Crippen LogP contribution is -1.99. The van der Waals surface area contributed by atoms with Crippen LogP contribution in [0.2, 0.25) is 0 Å². The van der Waals surface area contributed by atoms with Gasteiger partial charge in [0.15, 0.2) is 0 Å². The first-order valence-electron chi connectivity index (χ1n) is 10.1. The zero-order valence-corrected chi connectivity index (χ0v) is 17.2. The van der Waals surface area contributed by atoms with Crippen LogP contribution in [0.25, 0.3) is 12.2 Å². The molecule has 0 aromatic heterocycles. The van der Waals surface area contributed by atoms with Crippen molar-refractivity contribution in [3.8, 4) is 0 Å². The lowest BCUT2D eigenvalue weighted by atomic mass is 10.0. The van der Waals surface area contributed by atoms with Gasteiger partial charge in [-0.15, -0.1) is 0 Å². The fraction of sp³-hybridized carbons (Fsp3) is 0.185. The van der Waals surface area contributed by atoms with Gasteiger partial charge in [0.05, 0.1) is 0 Å². The van der Waals surface area contributed by atoms with Gasteiger partial charge < -0.3 is 5.32 Å². The maximum Gasteiger partial charge on any atom is 0.0463 e. The van der Waals surface area contributed by atoms with Crippen molar-refractivity contribution in [2.45, 2.75) is 33.6 Å². The van der Waals surface area contributed by atoms with Crippen molar-refractivity contribution in [1.29, 1.82) is 0 Å². The molecule has 1 heteroatoms. The molecule has 1 N–H and O–H groups in total. The van der Waals surface area contributed by atoms with Crippen LogP contribution < -0.4 is 5.32 Å². The molecule has 0 atom stereocenters. The first-order chi connectivity index (χ1) is 13.9. The Bertz CT molecular complexity index is 868. The molecule has 2 aliphatic rings. The van der Waals surface area contributed by atoms with Gasteiger partial charge in [-0.05, 0) is 49.1 Å². The van der Waals surface area contributed by atoms with Gasteiger partial charge in [-0.25, -0.2) is 0 Å². The van der Waals surface area contributed by atoms with Crippen molar-refractivity contribution in [3.05, 3.63) is 114 Å². The predicted octanol–water partition coefficient (Wildman–Crippen LogP) is 8.01. The number of allylic oxidation sites excluding steroid dienone is 13. The molecule has 0 radical (unpaired) electrons. The van der Waals surface area contributed by atoms with E-state index in [1.807, 2.05) is 20.8 Å². The van der Waals surface area contributed by atoms with Gasteiger partial charge in [0.1, 0.15) is 0 Å². The van der Waals surface area contributed by atoms with Crippen LogP contribution in [-0.2, 0) is 0 Å². The van der Waals surface area contributed by atoms with Crippen LogP contribution in [0.4, 0.5) is 5.69 Å². The summed E-state index contributed by atoms with van der Waals surface area (Å²) in [5.74, 6) is 0. The van der Waals surface area contributed by atoms with Crippen LogP contribution >= 0.6 is 0 Å². The predicted molar refractivity (Wildman–Crippen MR) is 127 cm³/mol. The smallest absolute Gasteiger partial charge is 0.0463 e. The summed E-state index contributed by atoms with van der Waals surface area (Å²) < 4.78 is 0. The van der Waals surface area contributed by atoms with Crippen LogP contribution in [0, 0.1) is 0 Å². The minimum absolute atomic E-state index is 0.965. The van der Waals surface area contributed by atoms with Gasteiger partial charge >= 0.3 is 0 Å². The number of fused-ring (bicyclic) bond motifs is 1. The van der Waals surface area contributed by atoms with E-state index in [0.717, 1.165) is 24.2 Å². The number of hydrogen-bond acceptors (Lipinski definition) is 1. The minimum atomic E-state index is 0.965. The van der Waals surface area contributed by atoms with E-state index in [1.165, 1.54) is 16.7 Å². The molecule has 1 nitrogen and oxygen atoms in total. The Morgan fingerprint density at radius 2 is 1.86 bits per heavy atom. The molecule has 0 amide bonds. The van der Waals surface area contributed by atoms with Crippen LogP contribution in [0.15, 0.2) is 102 Å². The molecule has 0 heterocycles. The molecule has 2 aliphatic carbocycles. The number of rotatable bonds is 5. The summed E-state index contributed by atoms with van der Waals surface area (Å²) in [6, 6.07) is 6.39. The van der Waals surface area contributed by atoms with Crippen LogP contribution in [0.1, 0.15) is 44.7 Å². The number of anilines is 1. The zero-order chi connectivity index (χ0) is 20.0. The molecule has 0 fully saturated rings. The molecule has 0 spiro atoms. The van der Waals surface area contributed by atoms with Gasteiger partial charge in [0.2, 0.25) is 0 Å². The minimum Gasteiger partial charge on any atom is -0.355 e. The Kier molecular flexibility index (Phi) is 9.37. The van der Waals surface area contributed by atoms with E-state index in [-0.39, 0.29) is 0 Å². The van der Waals surface area contributed by atoms with Gasteiger partial charge in [0.25, 0.3) is 0 Å². The highest BCUT2D eigenvalue weighted by Gasteiger charge is 2.05. The van der Waals surface area contributed by atoms with E-state index in [2.05, 4.69) is 109 Å². The van der Waals surface area contributed by atoms with Crippen molar-refractivity contribution in [2.75, 3.05) is 5.32 Å². The Hall–Kier alpha value is -3.06. The second kappa shape index (κ2) is 12.3. The summed E-state index contributed by atoms with van der Waals surface area (Å²) in [5, 5.41) is 3.58. The fourth-order valence-corrected chi connectivity index (χ4v) is 2.95. The topological polar surface area (TPSA) is 12.0 Å². The molecule has 0 saturated carbocycles. The Balaban J connectivity index is 0.00000136. The number of nitrogens with one attached hydrogen (secondary N) is 1. The van der Waals surface area contributed by atoms with E-state index in [0.29, 0.717) is 0 Å². The molecule has 0 bridgehead atoms. The molecule has 144 valence electrons. The third-order valence-electron chi connectivity index (χ3n) is 4.23. The molecule has 3 rings (SSSR count). The number of benzene rings is 1. The van der Waals surface area contributed by atoms with Crippen LogP contribution in [0.3, 0.4) is 0 Å². The van der Waals surface area contributed by atoms with Crippen molar-refractivity contribution in [1.82, 2.24) is 0 Å². The highest BCUT2D eigenvalue weighted by atomic mass is 14.9. The molecule has 0 saturated heterocycles. The molecular formula is C27H31N. The molecule has 0 aliphatic heterocycles. The monoisotopic (exact) mass is 369 g/mol. The molecule has 0 unspecified atom stereocenters. The third kappa shape index (κ3) is 6.59. The Morgan fingerprint density at radius 3 is 2.71 bits per heavy atom. The average Bonchev–Trinajstić information content (AvgIpc) is 3.13. The fourth-order valence-electron chi connectivity index (χ4n) is 2.95. The Labute approximate surface area is 170 Å². The van der Waals surface area contributed by atoms with Crippen LogP contribution in [-0.4, -0.2) is 0 Å². The van der Waals surface area contributed by atoms with Crippen molar-refractivity contribution < 1.29 is 0 Å². The SMILES string of the molecule is CC.C\C=C/C(=C\C=C\C1=CC=CC=CC1)Nc1cccc2c1C=CCC=C2. The first kappa shape index (κ1) is 21.2. The largest absolute Gasteiger partial charge is 0.355 e. The second-order valence-corrected chi connectivity index (χ2v) is 6.21. The summed E-state index contributed by atoms with van der Waals surface area (Å²) in [6.07, 6.45) is 31.8. The summed E-state index contributed by atoms with van der Waals surface area (Å²) in [4.78, 5) is 0. The van der Waals surface area contributed by atoms with Gasteiger partial charge in [-0.3, -0.25) is 0 Å². The van der Waals surface area contributed by atoms with Crippen LogP contribution in [0.5, 0.6) is 0 Å². The Morgan fingerprint density at radius 1 is 1.00 bits per heavy atom. The van der Waals surface area contributed by atoms with E-state index in [1.54, 1.807) is 0 Å². The quantitative estimate of drug-likeness (QED) is 0.518. The van der Waals surface area contributed by atoms with Gasteiger partial charge in [-0.1, -0.05) is 98.9 Å². The zero-order valence-electron chi connectivity index (χ0n) is 17.2. The maximum atomic E-state index is 3.58. The normalized spacial score (nSPS) is 15.7. The maximum absolute atomic E-state index is 3.58. The van der Waals surface area contributed by atoms with E-state index in [4.69, 9.17) is 0 Å². The molecule has 1 aromatic carbocycles. The summed E-state index contributed by atoms with van der Waals surface area (Å²) >= 11 is 0. The van der Waals surface area contributed by atoms with E-state index in [9.17, 15) is 0 Å². The molecular weight excluding hydrogens is 338 g/mol. The highest BCUT2D eigenvalue weighted by Crippen LogP contribution is 2.26. The standard InChI is InChI=1S/C25H25N.C2H6/c1-2-12-23(18-10-15-21-13-6-3-4-7-14-21)26-25-20-11-17-22-16-8-5-9-19-24(22)25;1-2/h2-4,6-13,15-20,26H,5,14H2,1H3;1-2H3/b12-2-,15-10+,23-18+;. The lowest BCUT2D eigenvalue weighted by Gasteiger charge is -2.12. The van der Waals surface area contributed by atoms with Crippen molar-refractivity contribution in [2.24, 2.45) is 0 Å². The molecule has 1 aromatic rings. The van der Waals surface area contributed by atoms with Crippen molar-refractivity contribution in [3.63, 3.8) is 0 Å². The van der Waals surface area contributed by atoms with Gasteiger partial charge in [0, 0.05) is 16.9 Å². The van der Waals surface area contributed by atoms with E-state index >= 15 is 0 Å². The lowest BCUT2D eigenvalue weighted by molar-refractivity contribution is 1.29. The summed E-state index contributed by atoms with van der Waals surface area (Å²) in [7, 11) is 0. The van der Waals surface area contributed by atoms with Crippen molar-refractivity contribution >= 4 is 17.8 Å². The average molecular weight is 370 g/mol. The number of hydrogen-bond donors (Lipinski definition) is 1. The third-order valence-corrected chi connectivity index (χ3v) is 4.23. The highest BCUT2D eigenvalue weighted by molar-refractivity contribution is 5.78. The van der Waals surface area contributed by atoms with Gasteiger partial charge in [-0.2, -0.15) is 0 Å². The second-order valence-electron chi connectivity index (χ2n) is 6.21.